The largest absolute Gasteiger partial charge is 0.252 e. The third kappa shape index (κ3) is 2.60. The lowest BCUT2D eigenvalue weighted by molar-refractivity contribution is 1.27. The molecule has 0 bridgehead atoms. The SMILES string of the molecule is Brc1ccc(-c2c3nccnc3c(-c3ccc(Br)s3)c3nccnc23)s1. The van der Waals surface area contributed by atoms with Gasteiger partial charge in [-0.15, -0.1) is 22.7 Å². The van der Waals surface area contributed by atoms with E-state index in [-0.39, 0.29) is 0 Å². The summed E-state index contributed by atoms with van der Waals surface area (Å²) in [6, 6.07) is 8.23. The van der Waals surface area contributed by atoms with Crippen molar-refractivity contribution >= 4 is 76.6 Å². The van der Waals surface area contributed by atoms with E-state index >= 15 is 0 Å². The van der Waals surface area contributed by atoms with E-state index in [4.69, 9.17) is 0 Å². The maximum absolute atomic E-state index is 4.66. The zero-order chi connectivity index (χ0) is 17.7. The lowest BCUT2D eigenvalue weighted by Gasteiger charge is -2.12. The highest BCUT2D eigenvalue weighted by atomic mass is 79.9. The van der Waals surface area contributed by atoms with Gasteiger partial charge in [-0.05, 0) is 56.1 Å². The van der Waals surface area contributed by atoms with Crippen LogP contribution in [0.4, 0.5) is 0 Å². The number of aromatic nitrogens is 4. The van der Waals surface area contributed by atoms with Crippen molar-refractivity contribution in [1.29, 1.82) is 0 Å². The Labute approximate surface area is 173 Å². The molecule has 8 heteroatoms. The van der Waals surface area contributed by atoms with E-state index in [0.29, 0.717) is 0 Å². The Morgan fingerprint density at radius 3 is 1.15 bits per heavy atom. The molecule has 0 saturated carbocycles. The molecule has 0 aliphatic carbocycles. The molecule has 0 radical (unpaired) electrons. The molecular weight excluding hydrogens is 496 g/mol. The van der Waals surface area contributed by atoms with Crippen LogP contribution in [-0.4, -0.2) is 19.9 Å². The Morgan fingerprint density at radius 2 is 0.885 bits per heavy atom. The van der Waals surface area contributed by atoms with Gasteiger partial charge in [0.1, 0.15) is 22.1 Å². The molecule has 0 amide bonds. The van der Waals surface area contributed by atoms with Crippen LogP contribution in [-0.2, 0) is 0 Å². The molecule has 0 aliphatic rings. The predicted octanol–water partition coefficient (Wildman–Crippen LogP) is 6.56. The Hall–Kier alpha value is -1.74. The Bertz CT molecular complexity index is 1120. The van der Waals surface area contributed by atoms with E-state index in [2.05, 4.69) is 63.9 Å². The number of halogens is 2. The maximum atomic E-state index is 4.66. The van der Waals surface area contributed by atoms with Gasteiger partial charge in [-0.25, -0.2) is 0 Å². The minimum atomic E-state index is 0.842. The molecular formula is C18H8Br2N4S2. The highest BCUT2D eigenvalue weighted by Crippen LogP contribution is 2.44. The first-order chi connectivity index (χ1) is 12.7. The number of rotatable bonds is 2. The fraction of sp³-hybridized carbons (Fsp3) is 0. The van der Waals surface area contributed by atoms with Crippen molar-refractivity contribution in [2.24, 2.45) is 0 Å². The Kier molecular flexibility index (Phi) is 4.08. The predicted molar refractivity (Wildman–Crippen MR) is 115 cm³/mol. The molecule has 5 rings (SSSR count). The Morgan fingerprint density at radius 1 is 0.538 bits per heavy atom. The van der Waals surface area contributed by atoms with E-state index in [1.807, 2.05) is 12.1 Å². The lowest BCUT2D eigenvalue weighted by atomic mass is 10.0. The van der Waals surface area contributed by atoms with Gasteiger partial charge in [-0.2, -0.15) is 0 Å². The summed E-state index contributed by atoms with van der Waals surface area (Å²) in [6.07, 6.45) is 6.91. The molecule has 1 aromatic carbocycles. The summed E-state index contributed by atoms with van der Waals surface area (Å²) in [6.45, 7) is 0. The zero-order valence-corrected chi connectivity index (χ0v) is 17.8. The highest BCUT2D eigenvalue weighted by molar-refractivity contribution is 9.11. The lowest BCUT2D eigenvalue weighted by Crippen LogP contribution is -1.95. The molecule has 0 atom stereocenters. The smallest absolute Gasteiger partial charge is 0.100 e. The van der Waals surface area contributed by atoms with Crippen molar-refractivity contribution in [3.63, 3.8) is 0 Å². The van der Waals surface area contributed by atoms with Gasteiger partial charge in [0.25, 0.3) is 0 Å². The summed E-state index contributed by atoms with van der Waals surface area (Å²) in [5.41, 5.74) is 5.32. The van der Waals surface area contributed by atoms with Crippen LogP contribution in [0.3, 0.4) is 0 Å². The third-order valence-electron chi connectivity index (χ3n) is 3.98. The number of hydrogen-bond acceptors (Lipinski definition) is 6. The molecule has 4 heterocycles. The summed E-state index contributed by atoms with van der Waals surface area (Å²) in [4.78, 5) is 20.8. The van der Waals surface area contributed by atoms with Gasteiger partial charge < -0.3 is 0 Å². The van der Waals surface area contributed by atoms with Crippen LogP contribution in [0.1, 0.15) is 0 Å². The summed E-state index contributed by atoms with van der Waals surface area (Å²) in [5, 5.41) is 0. The zero-order valence-electron chi connectivity index (χ0n) is 13.0. The number of fused-ring (bicyclic) bond motifs is 2. The second kappa shape index (κ2) is 6.45. The van der Waals surface area contributed by atoms with Crippen molar-refractivity contribution in [2.75, 3.05) is 0 Å². The van der Waals surface area contributed by atoms with Gasteiger partial charge in [0.15, 0.2) is 0 Å². The van der Waals surface area contributed by atoms with Crippen LogP contribution >= 0.6 is 54.5 Å². The van der Waals surface area contributed by atoms with Gasteiger partial charge in [0.2, 0.25) is 0 Å². The molecule has 0 aliphatic heterocycles. The van der Waals surface area contributed by atoms with Crippen LogP contribution in [0.25, 0.3) is 42.9 Å². The van der Waals surface area contributed by atoms with Crippen molar-refractivity contribution in [1.82, 2.24) is 19.9 Å². The topological polar surface area (TPSA) is 51.6 Å². The summed E-state index contributed by atoms with van der Waals surface area (Å²) in [5.74, 6) is 0. The average molecular weight is 504 g/mol. The molecule has 0 saturated heterocycles. The molecule has 0 spiro atoms. The van der Waals surface area contributed by atoms with Gasteiger partial charge in [0, 0.05) is 45.7 Å². The van der Waals surface area contributed by atoms with E-state index in [1.54, 1.807) is 47.5 Å². The summed E-state index contributed by atoms with van der Waals surface area (Å²) < 4.78 is 2.13. The second-order valence-corrected chi connectivity index (χ2v) is 10.4. The molecule has 0 unspecified atom stereocenters. The molecule has 4 aromatic heterocycles. The van der Waals surface area contributed by atoms with Crippen molar-refractivity contribution < 1.29 is 0 Å². The minimum absolute atomic E-state index is 0.842. The number of hydrogen-bond donors (Lipinski definition) is 0. The molecule has 126 valence electrons. The van der Waals surface area contributed by atoms with E-state index in [9.17, 15) is 0 Å². The maximum Gasteiger partial charge on any atom is 0.100 e. The van der Waals surface area contributed by atoms with E-state index < -0.39 is 0 Å². The van der Waals surface area contributed by atoms with Crippen molar-refractivity contribution in [3.8, 4) is 20.9 Å². The molecule has 0 fully saturated rings. The normalized spacial score (nSPS) is 11.5. The fourth-order valence-electron chi connectivity index (χ4n) is 3.00. The van der Waals surface area contributed by atoms with Crippen molar-refractivity contribution in [2.45, 2.75) is 0 Å². The summed E-state index contributed by atoms with van der Waals surface area (Å²) in [7, 11) is 0. The van der Waals surface area contributed by atoms with Crippen LogP contribution in [0.15, 0.2) is 56.6 Å². The van der Waals surface area contributed by atoms with Crippen LogP contribution in [0.2, 0.25) is 0 Å². The molecule has 5 aromatic rings. The summed E-state index contributed by atoms with van der Waals surface area (Å²) >= 11 is 10.4. The molecule has 26 heavy (non-hydrogen) atoms. The number of thiophene rings is 2. The first-order valence-electron chi connectivity index (χ1n) is 7.61. The Balaban J connectivity index is 2.01. The minimum Gasteiger partial charge on any atom is -0.252 e. The van der Waals surface area contributed by atoms with Crippen LogP contribution in [0.5, 0.6) is 0 Å². The van der Waals surface area contributed by atoms with Crippen LogP contribution < -0.4 is 0 Å². The average Bonchev–Trinajstić information content (AvgIpc) is 3.27. The van der Waals surface area contributed by atoms with Gasteiger partial charge in [0.05, 0.1) is 7.57 Å². The van der Waals surface area contributed by atoms with Gasteiger partial charge >= 0.3 is 0 Å². The van der Waals surface area contributed by atoms with Crippen molar-refractivity contribution in [3.05, 3.63) is 56.6 Å². The molecule has 0 N–H and O–H groups in total. The third-order valence-corrected chi connectivity index (χ3v) is 7.27. The number of benzene rings is 1. The van der Waals surface area contributed by atoms with Crippen LogP contribution in [0, 0.1) is 0 Å². The van der Waals surface area contributed by atoms with E-state index in [1.165, 1.54) is 0 Å². The monoisotopic (exact) mass is 502 g/mol. The first kappa shape index (κ1) is 16.4. The fourth-order valence-corrected chi connectivity index (χ4v) is 5.86. The quantitative estimate of drug-likeness (QED) is 0.256. The number of nitrogens with zero attached hydrogens (tertiary/aromatic N) is 4. The standard InChI is InChI=1S/C18H8Br2N4S2/c19-11-3-1-9(25-11)13-15-17(23-7-5-21-15)14(10-2-4-12(20)26-10)18-16(13)22-6-8-24-18/h1-8H. The van der Waals surface area contributed by atoms with Gasteiger partial charge in [-0.1, -0.05) is 0 Å². The highest BCUT2D eigenvalue weighted by Gasteiger charge is 2.21. The second-order valence-electron chi connectivity index (χ2n) is 5.46. The van der Waals surface area contributed by atoms with Gasteiger partial charge in [-0.3, -0.25) is 19.9 Å². The molecule has 4 nitrogen and oxygen atoms in total. The van der Waals surface area contributed by atoms with E-state index in [0.717, 1.165) is 50.5 Å². The first-order valence-corrected chi connectivity index (χ1v) is 10.8.